The van der Waals surface area contributed by atoms with Crippen molar-refractivity contribution >= 4 is 15.7 Å². The molecule has 0 spiro atoms. The van der Waals surface area contributed by atoms with Crippen LogP contribution < -0.4 is 0 Å². The number of aliphatic hydroxyl groups excluding tert-OH is 1. The highest BCUT2D eigenvalue weighted by Crippen LogP contribution is 2.34. The van der Waals surface area contributed by atoms with Crippen molar-refractivity contribution in [2.45, 2.75) is 16.9 Å². The van der Waals surface area contributed by atoms with Crippen LogP contribution in [0.4, 0.5) is 5.69 Å². The second-order valence-corrected chi connectivity index (χ2v) is 7.36. The number of aliphatic hydroxyl groups is 1. The summed E-state index contributed by atoms with van der Waals surface area (Å²) in [4.78, 5) is 15.3. The van der Waals surface area contributed by atoms with E-state index in [1.165, 1.54) is 0 Å². The van der Waals surface area contributed by atoms with Gasteiger partial charge in [-0.1, -0.05) is 34.8 Å². The maximum Gasteiger partial charge on any atom is 0.269 e. The molecule has 8 nitrogen and oxygen atoms in total. The summed E-state index contributed by atoms with van der Waals surface area (Å²) in [7, 11) is -4.05. The number of sulfonamides is 1. The van der Waals surface area contributed by atoms with E-state index in [0.717, 1.165) is 34.3 Å². The highest BCUT2D eigenvalue weighted by molar-refractivity contribution is 7.89. The SMILES string of the molecule is O=[N+]([O-])c1ccc(S(=O)(=O)N2OC[C@@H](c3ccccc3)[C@@H]2CO)cc1. The molecule has 1 N–H and O–H groups in total. The zero-order valence-electron chi connectivity index (χ0n) is 13.1. The topological polar surface area (TPSA) is 110 Å². The van der Waals surface area contributed by atoms with Crippen molar-refractivity contribution < 1.29 is 23.3 Å². The summed E-state index contributed by atoms with van der Waals surface area (Å²) >= 11 is 0. The lowest BCUT2D eigenvalue weighted by Gasteiger charge is -2.23. The number of hydrogen-bond acceptors (Lipinski definition) is 6. The summed E-state index contributed by atoms with van der Waals surface area (Å²) in [5.41, 5.74) is 0.658. The molecule has 2 atom stereocenters. The van der Waals surface area contributed by atoms with E-state index in [4.69, 9.17) is 4.84 Å². The van der Waals surface area contributed by atoms with E-state index in [1.807, 2.05) is 30.3 Å². The van der Waals surface area contributed by atoms with Crippen LogP contribution in [0.15, 0.2) is 59.5 Å². The molecule has 0 unspecified atom stereocenters. The second-order valence-electron chi connectivity index (χ2n) is 5.57. The van der Waals surface area contributed by atoms with Crippen molar-refractivity contribution in [2.24, 2.45) is 0 Å². The fourth-order valence-corrected chi connectivity index (χ4v) is 4.27. The summed E-state index contributed by atoms with van der Waals surface area (Å²) in [5, 5.41) is 20.4. The van der Waals surface area contributed by atoms with Gasteiger partial charge in [0, 0.05) is 18.1 Å². The van der Waals surface area contributed by atoms with Crippen molar-refractivity contribution in [3.63, 3.8) is 0 Å². The maximum atomic E-state index is 12.8. The minimum atomic E-state index is -4.05. The van der Waals surface area contributed by atoms with Crippen LogP contribution in [-0.4, -0.2) is 42.2 Å². The monoisotopic (exact) mass is 364 g/mol. The van der Waals surface area contributed by atoms with Gasteiger partial charge in [0.25, 0.3) is 15.7 Å². The first-order chi connectivity index (χ1) is 11.9. The smallest absolute Gasteiger partial charge is 0.269 e. The van der Waals surface area contributed by atoms with E-state index in [9.17, 15) is 23.6 Å². The third-order valence-corrected chi connectivity index (χ3v) is 5.83. The fourth-order valence-electron chi connectivity index (χ4n) is 2.81. The molecule has 2 aromatic rings. The molecule has 1 fully saturated rings. The van der Waals surface area contributed by atoms with Gasteiger partial charge in [-0.25, -0.2) is 8.42 Å². The molecule has 1 aliphatic heterocycles. The fraction of sp³-hybridized carbons (Fsp3) is 0.250. The predicted octanol–water partition coefficient (Wildman–Crippen LogP) is 1.68. The number of benzene rings is 2. The van der Waals surface area contributed by atoms with Gasteiger partial charge >= 0.3 is 0 Å². The maximum absolute atomic E-state index is 12.8. The summed E-state index contributed by atoms with van der Waals surface area (Å²) in [5.74, 6) is -0.306. The van der Waals surface area contributed by atoms with Crippen molar-refractivity contribution in [3.05, 3.63) is 70.3 Å². The van der Waals surface area contributed by atoms with E-state index >= 15 is 0 Å². The molecule has 25 heavy (non-hydrogen) atoms. The van der Waals surface area contributed by atoms with E-state index in [2.05, 4.69) is 0 Å². The van der Waals surface area contributed by atoms with Crippen LogP contribution in [0.1, 0.15) is 11.5 Å². The molecular weight excluding hydrogens is 348 g/mol. The zero-order chi connectivity index (χ0) is 18.0. The van der Waals surface area contributed by atoms with Crippen LogP contribution in [0.25, 0.3) is 0 Å². The number of nitro groups is 1. The Bertz CT molecular complexity index is 854. The Morgan fingerprint density at radius 1 is 1.16 bits per heavy atom. The Kier molecular flexibility index (Phi) is 4.82. The van der Waals surface area contributed by atoms with Gasteiger partial charge in [0.2, 0.25) is 0 Å². The van der Waals surface area contributed by atoms with Gasteiger partial charge in [0.15, 0.2) is 0 Å². The number of rotatable bonds is 5. The van der Waals surface area contributed by atoms with Crippen molar-refractivity contribution in [1.29, 1.82) is 0 Å². The highest BCUT2D eigenvalue weighted by Gasteiger charge is 2.43. The Labute approximate surface area is 144 Å². The van der Waals surface area contributed by atoms with Gasteiger partial charge in [-0.2, -0.15) is 0 Å². The minimum absolute atomic E-state index is 0.113. The largest absolute Gasteiger partial charge is 0.395 e. The third-order valence-electron chi connectivity index (χ3n) is 4.11. The lowest BCUT2D eigenvalue weighted by molar-refractivity contribution is -0.384. The summed E-state index contributed by atoms with van der Waals surface area (Å²) in [6.45, 7) is -0.298. The van der Waals surface area contributed by atoms with Crippen molar-refractivity contribution in [2.75, 3.05) is 13.2 Å². The Balaban J connectivity index is 1.90. The van der Waals surface area contributed by atoms with Gasteiger partial charge in [0.1, 0.15) is 0 Å². The van der Waals surface area contributed by atoms with Crippen LogP contribution in [0.2, 0.25) is 0 Å². The minimum Gasteiger partial charge on any atom is -0.395 e. The summed E-state index contributed by atoms with van der Waals surface area (Å²) in [6, 6.07) is 13.0. The number of hydrogen-bond donors (Lipinski definition) is 1. The zero-order valence-corrected chi connectivity index (χ0v) is 13.9. The first-order valence-electron chi connectivity index (χ1n) is 7.53. The molecule has 1 heterocycles. The number of nitro benzene ring substituents is 1. The lowest BCUT2D eigenvalue weighted by atomic mass is 9.94. The molecule has 0 aromatic heterocycles. The molecule has 1 saturated heterocycles. The molecule has 9 heteroatoms. The Morgan fingerprint density at radius 3 is 2.36 bits per heavy atom. The second kappa shape index (κ2) is 6.89. The van der Waals surface area contributed by atoms with E-state index < -0.39 is 27.6 Å². The van der Waals surface area contributed by atoms with Crippen LogP contribution >= 0.6 is 0 Å². The van der Waals surface area contributed by atoms with E-state index in [0.29, 0.717) is 0 Å². The third kappa shape index (κ3) is 3.27. The van der Waals surface area contributed by atoms with E-state index in [-0.39, 0.29) is 23.1 Å². The van der Waals surface area contributed by atoms with Crippen LogP contribution in [0, 0.1) is 10.1 Å². The number of nitrogens with zero attached hydrogens (tertiary/aromatic N) is 2. The average Bonchev–Trinajstić information content (AvgIpc) is 3.07. The van der Waals surface area contributed by atoms with Crippen molar-refractivity contribution in [3.8, 4) is 0 Å². The van der Waals surface area contributed by atoms with Crippen LogP contribution in [0.3, 0.4) is 0 Å². The van der Waals surface area contributed by atoms with Gasteiger partial charge in [-0.3, -0.25) is 15.0 Å². The molecule has 132 valence electrons. The van der Waals surface area contributed by atoms with Crippen LogP contribution in [-0.2, 0) is 14.9 Å². The average molecular weight is 364 g/mol. The first kappa shape index (κ1) is 17.5. The summed E-state index contributed by atoms with van der Waals surface area (Å²) in [6.07, 6.45) is 0. The highest BCUT2D eigenvalue weighted by atomic mass is 32.2. The molecule has 0 saturated carbocycles. The molecule has 0 radical (unpaired) electrons. The standard InChI is InChI=1S/C16H16N2O6S/c19-10-16-15(12-4-2-1-3-5-12)11-24-18(16)25(22,23)14-8-6-13(7-9-14)17(20)21/h1-9,15-16,19H,10-11H2/t15-,16-/m0/s1. The normalized spacial score (nSPS) is 21.3. The van der Waals surface area contributed by atoms with Crippen LogP contribution in [0.5, 0.6) is 0 Å². The Hall–Kier alpha value is -2.33. The quantitative estimate of drug-likeness (QED) is 0.638. The molecule has 1 aliphatic rings. The van der Waals surface area contributed by atoms with Gasteiger partial charge in [-0.15, -0.1) is 0 Å². The predicted molar refractivity (Wildman–Crippen MR) is 88.1 cm³/mol. The number of non-ortho nitro benzene ring substituents is 1. The molecule has 2 aromatic carbocycles. The molecular formula is C16H16N2O6S. The van der Waals surface area contributed by atoms with Gasteiger partial charge < -0.3 is 5.11 Å². The lowest BCUT2D eigenvalue weighted by Crippen LogP contribution is -2.39. The Morgan fingerprint density at radius 2 is 1.80 bits per heavy atom. The molecule has 0 bridgehead atoms. The van der Waals surface area contributed by atoms with Gasteiger partial charge in [0.05, 0.1) is 29.1 Å². The first-order valence-corrected chi connectivity index (χ1v) is 8.97. The van der Waals surface area contributed by atoms with E-state index in [1.54, 1.807) is 0 Å². The van der Waals surface area contributed by atoms with Gasteiger partial charge in [-0.05, 0) is 17.7 Å². The van der Waals surface area contributed by atoms with Crippen molar-refractivity contribution in [1.82, 2.24) is 4.47 Å². The number of hydroxylamine groups is 1. The summed E-state index contributed by atoms with van der Waals surface area (Å²) < 4.78 is 26.4. The molecule has 3 rings (SSSR count). The molecule has 0 amide bonds. The molecule has 0 aliphatic carbocycles.